The van der Waals surface area contributed by atoms with Crippen LogP contribution in [0.3, 0.4) is 0 Å². The van der Waals surface area contributed by atoms with Crippen molar-refractivity contribution < 1.29 is 4.79 Å². The lowest BCUT2D eigenvalue weighted by atomic mass is 9.90. The molecule has 3 heterocycles. The van der Waals surface area contributed by atoms with Gasteiger partial charge in [-0.1, -0.05) is 6.07 Å². The number of aromatic amines is 1. The summed E-state index contributed by atoms with van der Waals surface area (Å²) in [7, 11) is 1.89. The van der Waals surface area contributed by atoms with Crippen molar-refractivity contribution in [3.63, 3.8) is 0 Å². The molecule has 134 valence electrons. The highest BCUT2D eigenvalue weighted by Crippen LogP contribution is 2.29. The van der Waals surface area contributed by atoms with Crippen LogP contribution in [0.5, 0.6) is 0 Å². The van der Waals surface area contributed by atoms with Gasteiger partial charge in [0.2, 0.25) is 5.91 Å². The number of nitrogens with one attached hydrogen (secondary N) is 3. The van der Waals surface area contributed by atoms with E-state index in [2.05, 4.69) is 25.7 Å². The van der Waals surface area contributed by atoms with Gasteiger partial charge in [0.05, 0.1) is 29.6 Å². The van der Waals surface area contributed by atoms with Gasteiger partial charge < -0.3 is 15.6 Å². The lowest BCUT2D eigenvalue weighted by Gasteiger charge is -2.17. The highest BCUT2D eigenvalue weighted by Gasteiger charge is 2.34. The van der Waals surface area contributed by atoms with E-state index < -0.39 is 0 Å². The zero-order valence-electron chi connectivity index (χ0n) is 13.6. The molecule has 25 heavy (non-hydrogen) atoms. The summed E-state index contributed by atoms with van der Waals surface area (Å²) in [6.45, 7) is 1.46. The van der Waals surface area contributed by atoms with E-state index in [1.807, 2.05) is 37.6 Å². The molecule has 2 aromatic heterocycles. The van der Waals surface area contributed by atoms with Gasteiger partial charge in [0.1, 0.15) is 5.52 Å². The van der Waals surface area contributed by atoms with Crippen LogP contribution in [0, 0.1) is 5.92 Å². The van der Waals surface area contributed by atoms with Gasteiger partial charge in [0, 0.05) is 32.3 Å². The number of imidazole rings is 1. The van der Waals surface area contributed by atoms with Crippen LogP contribution in [-0.2, 0) is 11.8 Å². The summed E-state index contributed by atoms with van der Waals surface area (Å²) in [6, 6.07) is 5.72. The molecule has 1 saturated heterocycles. The Bertz CT molecular complexity index is 861. The zero-order valence-corrected chi connectivity index (χ0v) is 15.2. The van der Waals surface area contributed by atoms with Gasteiger partial charge in [-0.3, -0.25) is 9.48 Å². The van der Waals surface area contributed by atoms with Crippen LogP contribution in [-0.4, -0.2) is 38.7 Å². The van der Waals surface area contributed by atoms with E-state index in [4.69, 9.17) is 0 Å². The number of rotatable bonds is 3. The monoisotopic (exact) mass is 382 g/mol. The molecule has 0 bridgehead atoms. The molecule has 0 aliphatic carbocycles. The number of hydrogen-bond acceptors (Lipinski definition) is 4. The maximum atomic E-state index is 12.8. The average Bonchev–Trinajstić information content (AvgIpc) is 3.26. The number of nitrogens with zero attached hydrogens (tertiary/aromatic N) is 3. The normalized spacial score (nSPS) is 19.2. The third-order valence-corrected chi connectivity index (χ3v) is 4.41. The second kappa shape index (κ2) is 7.86. The zero-order chi connectivity index (χ0) is 15.8. The molecular formula is C16H20Cl2N6O. The predicted octanol–water partition coefficient (Wildman–Crippen LogP) is 2.08. The second-order valence-corrected chi connectivity index (χ2v) is 5.91. The number of aromatic nitrogens is 4. The highest BCUT2D eigenvalue weighted by atomic mass is 35.5. The van der Waals surface area contributed by atoms with Crippen LogP contribution in [0.2, 0.25) is 0 Å². The highest BCUT2D eigenvalue weighted by molar-refractivity contribution is 6.00. The Hall–Kier alpha value is -2.09. The van der Waals surface area contributed by atoms with E-state index in [1.54, 1.807) is 11.0 Å². The SMILES string of the molecule is Cl.Cl.Cn1cc([C@H]2CNC[C@@H]2C(=O)Nc2cccc3[nH]cnc23)cn1. The van der Waals surface area contributed by atoms with Crippen molar-refractivity contribution in [3.8, 4) is 0 Å². The molecule has 4 rings (SSSR count). The molecule has 3 aromatic rings. The quantitative estimate of drug-likeness (QED) is 0.646. The number of anilines is 1. The first-order chi connectivity index (χ1) is 11.2. The largest absolute Gasteiger partial charge is 0.345 e. The van der Waals surface area contributed by atoms with Crippen LogP contribution >= 0.6 is 24.8 Å². The number of H-pyrrole nitrogens is 1. The van der Waals surface area contributed by atoms with Crippen molar-refractivity contribution >= 4 is 47.4 Å². The summed E-state index contributed by atoms with van der Waals surface area (Å²) in [4.78, 5) is 20.1. The summed E-state index contributed by atoms with van der Waals surface area (Å²) in [5.74, 6) is 0.0369. The fourth-order valence-corrected chi connectivity index (χ4v) is 3.23. The van der Waals surface area contributed by atoms with E-state index in [0.717, 1.165) is 28.8 Å². The Morgan fingerprint density at radius 3 is 2.92 bits per heavy atom. The first kappa shape index (κ1) is 19.2. The Kier molecular flexibility index (Phi) is 6.05. The number of hydrogen-bond donors (Lipinski definition) is 3. The fourth-order valence-electron chi connectivity index (χ4n) is 3.23. The molecule has 1 fully saturated rings. The van der Waals surface area contributed by atoms with E-state index in [9.17, 15) is 4.79 Å². The topological polar surface area (TPSA) is 87.6 Å². The molecule has 0 unspecified atom stereocenters. The molecule has 1 aliphatic rings. The van der Waals surface area contributed by atoms with Gasteiger partial charge in [-0.15, -0.1) is 24.8 Å². The molecule has 1 amide bonds. The molecule has 0 spiro atoms. The van der Waals surface area contributed by atoms with Gasteiger partial charge in [0.25, 0.3) is 0 Å². The minimum absolute atomic E-state index is 0. The molecule has 0 saturated carbocycles. The molecule has 2 atom stereocenters. The summed E-state index contributed by atoms with van der Waals surface area (Å²) in [6.07, 6.45) is 5.45. The number of para-hydroxylation sites is 1. The molecule has 3 N–H and O–H groups in total. The number of amides is 1. The third-order valence-electron chi connectivity index (χ3n) is 4.41. The third kappa shape index (κ3) is 3.63. The molecule has 9 heteroatoms. The summed E-state index contributed by atoms with van der Waals surface area (Å²) < 4.78 is 1.77. The van der Waals surface area contributed by atoms with Gasteiger partial charge in [-0.2, -0.15) is 5.10 Å². The smallest absolute Gasteiger partial charge is 0.229 e. The second-order valence-electron chi connectivity index (χ2n) is 5.91. The molecule has 1 aromatic carbocycles. The number of fused-ring (bicyclic) bond motifs is 1. The summed E-state index contributed by atoms with van der Waals surface area (Å²) in [5.41, 5.74) is 3.53. The Morgan fingerprint density at radius 2 is 2.16 bits per heavy atom. The minimum Gasteiger partial charge on any atom is -0.345 e. The first-order valence-corrected chi connectivity index (χ1v) is 7.64. The van der Waals surface area contributed by atoms with E-state index >= 15 is 0 Å². The maximum absolute atomic E-state index is 12.8. The number of carbonyl (C=O) groups is 1. The molecule has 1 aliphatic heterocycles. The van der Waals surface area contributed by atoms with E-state index in [-0.39, 0.29) is 42.6 Å². The van der Waals surface area contributed by atoms with Crippen molar-refractivity contribution in [1.82, 2.24) is 25.1 Å². The Balaban J connectivity index is 0.00000113. The Labute approximate surface area is 157 Å². The average molecular weight is 383 g/mol. The number of aryl methyl sites for hydroxylation is 1. The Morgan fingerprint density at radius 1 is 1.32 bits per heavy atom. The van der Waals surface area contributed by atoms with Crippen molar-refractivity contribution in [3.05, 3.63) is 42.5 Å². The van der Waals surface area contributed by atoms with Crippen molar-refractivity contribution in [2.75, 3.05) is 18.4 Å². The van der Waals surface area contributed by atoms with Crippen LogP contribution in [0.4, 0.5) is 5.69 Å². The number of carbonyl (C=O) groups excluding carboxylic acids is 1. The first-order valence-electron chi connectivity index (χ1n) is 7.64. The van der Waals surface area contributed by atoms with Crippen LogP contribution in [0.1, 0.15) is 11.5 Å². The van der Waals surface area contributed by atoms with Crippen molar-refractivity contribution in [1.29, 1.82) is 0 Å². The van der Waals surface area contributed by atoms with E-state index in [1.165, 1.54) is 0 Å². The standard InChI is InChI=1S/C16H18N6O.2ClH/c1-22-8-10(5-20-22)11-6-17-7-12(11)16(23)21-14-4-2-3-13-15(14)19-9-18-13;;/h2-5,8-9,11-12,17H,6-7H2,1H3,(H,18,19)(H,21,23);2*1H/t11-,12+;;/m1../s1. The molecule has 0 radical (unpaired) electrons. The minimum atomic E-state index is -0.117. The van der Waals surface area contributed by atoms with Crippen molar-refractivity contribution in [2.24, 2.45) is 13.0 Å². The molecule has 7 nitrogen and oxygen atoms in total. The molecular weight excluding hydrogens is 363 g/mol. The number of halogens is 2. The van der Waals surface area contributed by atoms with Gasteiger partial charge in [-0.05, 0) is 17.7 Å². The van der Waals surface area contributed by atoms with Gasteiger partial charge in [-0.25, -0.2) is 4.98 Å². The van der Waals surface area contributed by atoms with Gasteiger partial charge in [0.15, 0.2) is 0 Å². The number of benzene rings is 1. The van der Waals surface area contributed by atoms with Crippen molar-refractivity contribution in [2.45, 2.75) is 5.92 Å². The van der Waals surface area contributed by atoms with Crippen LogP contribution < -0.4 is 10.6 Å². The lowest BCUT2D eigenvalue weighted by Crippen LogP contribution is -2.28. The fraction of sp³-hybridized carbons (Fsp3) is 0.312. The summed E-state index contributed by atoms with van der Waals surface area (Å²) in [5, 5.41) is 10.6. The van der Waals surface area contributed by atoms with Crippen LogP contribution in [0.15, 0.2) is 36.9 Å². The lowest BCUT2D eigenvalue weighted by molar-refractivity contribution is -0.119. The maximum Gasteiger partial charge on any atom is 0.229 e. The van der Waals surface area contributed by atoms with Gasteiger partial charge >= 0.3 is 0 Å². The predicted molar refractivity (Wildman–Crippen MR) is 102 cm³/mol. The van der Waals surface area contributed by atoms with Crippen LogP contribution in [0.25, 0.3) is 11.0 Å². The summed E-state index contributed by atoms with van der Waals surface area (Å²) >= 11 is 0. The van der Waals surface area contributed by atoms with E-state index in [0.29, 0.717) is 6.54 Å².